The largest absolute Gasteiger partial charge is 0.481 e. The third-order valence-electron chi connectivity index (χ3n) is 2.90. The highest BCUT2D eigenvalue weighted by Gasteiger charge is 2.17. The van der Waals surface area contributed by atoms with Gasteiger partial charge in [-0.05, 0) is 42.8 Å². The van der Waals surface area contributed by atoms with Crippen LogP contribution in [0.4, 0.5) is 0 Å². The van der Waals surface area contributed by atoms with E-state index in [-0.39, 0.29) is 5.78 Å². The van der Waals surface area contributed by atoms with E-state index in [9.17, 15) is 9.59 Å². The molecule has 0 aliphatic heterocycles. The van der Waals surface area contributed by atoms with Crippen molar-refractivity contribution in [2.24, 2.45) is 0 Å². The molecule has 0 saturated carbocycles. The highest BCUT2D eigenvalue weighted by atomic mass is 35.5. The first kappa shape index (κ1) is 15.1. The Hall–Kier alpha value is -2.33. The van der Waals surface area contributed by atoms with Crippen LogP contribution in [-0.2, 0) is 4.79 Å². The summed E-state index contributed by atoms with van der Waals surface area (Å²) in [6, 6.07) is 11.6. The Kier molecular flexibility index (Phi) is 4.60. The van der Waals surface area contributed by atoms with Crippen molar-refractivity contribution >= 4 is 23.4 Å². The fourth-order valence-electron chi connectivity index (χ4n) is 1.91. The number of aryl methyl sites for hydroxylation is 1. The van der Waals surface area contributed by atoms with Gasteiger partial charge in [0.25, 0.3) is 0 Å². The van der Waals surface area contributed by atoms with Gasteiger partial charge < -0.3 is 9.84 Å². The number of aliphatic carboxylic acids is 1. The fraction of sp³-hybridized carbons (Fsp3) is 0.125. The topological polar surface area (TPSA) is 63.6 Å². The Bertz CT molecular complexity index is 677. The van der Waals surface area contributed by atoms with Crippen LogP contribution in [0.3, 0.4) is 0 Å². The second kappa shape index (κ2) is 6.41. The summed E-state index contributed by atoms with van der Waals surface area (Å²) < 4.78 is 5.25. The number of hydrogen-bond acceptors (Lipinski definition) is 3. The molecule has 0 radical (unpaired) electrons. The van der Waals surface area contributed by atoms with Gasteiger partial charge >= 0.3 is 5.97 Å². The quantitative estimate of drug-likeness (QED) is 0.860. The molecule has 108 valence electrons. The van der Waals surface area contributed by atoms with E-state index in [2.05, 4.69) is 0 Å². The minimum atomic E-state index is -1.09. The minimum absolute atomic E-state index is 0.240. The van der Waals surface area contributed by atoms with Crippen molar-refractivity contribution in [3.05, 3.63) is 64.2 Å². The van der Waals surface area contributed by atoms with Gasteiger partial charge in [-0.15, -0.1) is 0 Å². The number of carbonyl (C=O) groups is 2. The smallest absolute Gasteiger partial charge is 0.341 e. The molecule has 2 rings (SSSR count). The van der Waals surface area contributed by atoms with Crippen molar-refractivity contribution in [2.75, 3.05) is 6.61 Å². The third kappa shape index (κ3) is 3.61. The van der Waals surface area contributed by atoms with Crippen molar-refractivity contribution in [3.8, 4) is 5.75 Å². The summed E-state index contributed by atoms with van der Waals surface area (Å²) in [6.07, 6.45) is 0. The zero-order chi connectivity index (χ0) is 15.4. The highest BCUT2D eigenvalue weighted by molar-refractivity contribution is 6.30. The number of ketones is 1. The molecule has 5 heteroatoms. The second-order valence-electron chi connectivity index (χ2n) is 4.47. The van der Waals surface area contributed by atoms with Crippen LogP contribution in [0.25, 0.3) is 0 Å². The lowest BCUT2D eigenvalue weighted by Crippen LogP contribution is -2.13. The van der Waals surface area contributed by atoms with Gasteiger partial charge in [0.2, 0.25) is 0 Å². The standard InChI is InChI=1S/C16H13ClO4/c1-10-3-2-4-13(16(10)21-9-14(18)19)15(20)11-5-7-12(17)8-6-11/h2-8H,9H2,1H3,(H,18,19). The third-order valence-corrected chi connectivity index (χ3v) is 3.15. The molecule has 0 saturated heterocycles. The Labute approximate surface area is 126 Å². The first-order valence-corrected chi connectivity index (χ1v) is 6.61. The highest BCUT2D eigenvalue weighted by Crippen LogP contribution is 2.26. The maximum Gasteiger partial charge on any atom is 0.341 e. The Morgan fingerprint density at radius 2 is 1.81 bits per heavy atom. The Balaban J connectivity index is 2.38. The molecule has 1 N–H and O–H groups in total. The number of carbonyl (C=O) groups excluding carboxylic acids is 1. The van der Waals surface area contributed by atoms with Crippen molar-refractivity contribution in [3.63, 3.8) is 0 Å². The molecule has 21 heavy (non-hydrogen) atoms. The molecule has 0 aromatic heterocycles. The SMILES string of the molecule is Cc1cccc(C(=O)c2ccc(Cl)cc2)c1OCC(=O)O. The van der Waals surface area contributed by atoms with E-state index in [1.165, 1.54) is 0 Å². The number of para-hydroxylation sites is 1. The molecule has 0 unspecified atom stereocenters. The number of carboxylic acids is 1. The summed E-state index contributed by atoms with van der Waals surface area (Å²) in [6.45, 7) is 1.27. The Morgan fingerprint density at radius 1 is 1.14 bits per heavy atom. The molecule has 0 fully saturated rings. The first-order chi connectivity index (χ1) is 9.99. The zero-order valence-electron chi connectivity index (χ0n) is 11.3. The molecule has 0 aliphatic rings. The van der Waals surface area contributed by atoms with Crippen LogP contribution in [0.5, 0.6) is 5.75 Å². The number of rotatable bonds is 5. The van der Waals surface area contributed by atoms with E-state index in [4.69, 9.17) is 21.4 Å². The average molecular weight is 305 g/mol. The minimum Gasteiger partial charge on any atom is -0.481 e. The van der Waals surface area contributed by atoms with Gasteiger partial charge in [-0.2, -0.15) is 0 Å². The summed E-state index contributed by atoms with van der Waals surface area (Å²) >= 11 is 5.80. The van der Waals surface area contributed by atoms with Crippen LogP contribution >= 0.6 is 11.6 Å². The molecule has 0 aliphatic carbocycles. The van der Waals surface area contributed by atoms with Crippen LogP contribution in [-0.4, -0.2) is 23.5 Å². The number of carboxylic acid groups (broad SMARTS) is 1. The summed E-state index contributed by atoms with van der Waals surface area (Å²) in [5.41, 5.74) is 1.50. The summed E-state index contributed by atoms with van der Waals surface area (Å²) in [5.74, 6) is -1.04. The lowest BCUT2D eigenvalue weighted by atomic mass is 10.0. The molecule has 0 spiro atoms. The molecular weight excluding hydrogens is 292 g/mol. The summed E-state index contributed by atoms with van der Waals surface area (Å²) in [5, 5.41) is 9.26. The molecule has 2 aromatic rings. The predicted molar refractivity (Wildman–Crippen MR) is 79.2 cm³/mol. The van der Waals surface area contributed by atoms with Crippen LogP contribution < -0.4 is 4.74 Å². The molecule has 0 heterocycles. The number of hydrogen-bond donors (Lipinski definition) is 1. The normalized spacial score (nSPS) is 10.2. The maximum absolute atomic E-state index is 12.5. The van der Waals surface area contributed by atoms with Crippen molar-refractivity contribution in [1.29, 1.82) is 0 Å². The van der Waals surface area contributed by atoms with Crippen molar-refractivity contribution < 1.29 is 19.4 Å². The first-order valence-electron chi connectivity index (χ1n) is 6.23. The lowest BCUT2D eigenvalue weighted by molar-refractivity contribution is -0.139. The van der Waals surface area contributed by atoms with Gasteiger partial charge in [-0.3, -0.25) is 4.79 Å². The number of halogens is 1. The molecule has 0 amide bonds. The van der Waals surface area contributed by atoms with Gasteiger partial charge in [0.1, 0.15) is 5.75 Å². The summed E-state index contributed by atoms with van der Waals surface area (Å²) in [7, 11) is 0. The predicted octanol–water partition coefficient (Wildman–Crippen LogP) is 3.34. The van der Waals surface area contributed by atoms with E-state index in [1.807, 2.05) is 0 Å². The molecular formula is C16H13ClO4. The molecule has 0 bridgehead atoms. The van der Waals surface area contributed by atoms with Gasteiger partial charge in [0, 0.05) is 10.6 Å². The molecule has 4 nitrogen and oxygen atoms in total. The van der Waals surface area contributed by atoms with E-state index < -0.39 is 12.6 Å². The van der Waals surface area contributed by atoms with E-state index in [0.29, 0.717) is 27.5 Å². The average Bonchev–Trinajstić information content (AvgIpc) is 2.45. The summed E-state index contributed by atoms with van der Waals surface area (Å²) in [4.78, 5) is 23.2. The van der Waals surface area contributed by atoms with Crippen LogP contribution in [0.1, 0.15) is 21.5 Å². The van der Waals surface area contributed by atoms with E-state index in [0.717, 1.165) is 0 Å². The van der Waals surface area contributed by atoms with Crippen LogP contribution in [0.15, 0.2) is 42.5 Å². The molecule has 2 aromatic carbocycles. The Morgan fingerprint density at radius 3 is 2.43 bits per heavy atom. The van der Waals surface area contributed by atoms with E-state index >= 15 is 0 Å². The zero-order valence-corrected chi connectivity index (χ0v) is 12.1. The van der Waals surface area contributed by atoms with Crippen LogP contribution in [0, 0.1) is 6.92 Å². The lowest BCUT2D eigenvalue weighted by Gasteiger charge is -2.12. The fourth-order valence-corrected chi connectivity index (χ4v) is 2.04. The number of ether oxygens (including phenoxy) is 1. The van der Waals surface area contributed by atoms with Gasteiger partial charge in [0.15, 0.2) is 12.4 Å². The van der Waals surface area contributed by atoms with Gasteiger partial charge in [-0.25, -0.2) is 4.79 Å². The maximum atomic E-state index is 12.5. The van der Waals surface area contributed by atoms with Gasteiger partial charge in [0.05, 0.1) is 5.56 Å². The van der Waals surface area contributed by atoms with E-state index in [1.54, 1.807) is 49.4 Å². The van der Waals surface area contributed by atoms with Crippen molar-refractivity contribution in [2.45, 2.75) is 6.92 Å². The van der Waals surface area contributed by atoms with Crippen molar-refractivity contribution in [1.82, 2.24) is 0 Å². The van der Waals surface area contributed by atoms with Gasteiger partial charge in [-0.1, -0.05) is 23.7 Å². The number of benzene rings is 2. The molecule has 0 atom stereocenters. The van der Waals surface area contributed by atoms with Crippen LogP contribution in [0.2, 0.25) is 5.02 Å². The monoisotopic (exact) mass is 304 g/mol. The second-order valence-corrected chi connectivity index (χ2v) is 4.91.